The van der Waals surface area contributed by atoms with E-state index in [4.69, 9.17) is 24.7 Å². The number of methoxy groups -OCH3 is 1. The lowest BCUT2D eigenvalue weighted by Crippen LogP contribution is -2.37. The first-order valence-electron chi connectivity index (χ1n) is 10.6. The van der Waals surface area contributed by atoms with Crippen LogP contribution in [0.1, 0.15) is 22.8 Å². The Morgan fingerprint density at radius 1 is 1.21 bits per heavy atom. The maximum absolute atomic E-state index is 12.6. The summed E-state index contributed by atoms with van der Waals surface area (Å²) in [7, 11) is 1.52. The Kier molecular flexibility index (Phi) is 8.79. The average molecular weight is 522 g/mol. The summed E-state index contributed by atoms with van der Waals surface area (Å²) in [5, 5.41) is 3.33. The molecule has 0 bridgehead atoms. The monoisotopic (exact) mass is 521 g/mol. The van der Waals surface area contributed by atoms with Crippen molar-refractivity contribution in [2.75, 3.05) is 56.8 Å². The zero-order chi connectivity index (χ0) is 23.8. The Morgan fingerprint density at radius 2 is 1.97 bits per heavy atom. The molecule has 3 rings (SSSR count). The molecule has 1 heterocycles. The number of morpholine rings is 1. The van der Waals surface area contributed by atoms with E-state index >= 15 is 0 Å². The Hall–Kier alpha value is -2.98. The third-order valence-corrected chi connectivity index (χ3v) is 5.58. The van der Waals surface area contributed by atoms with Crippen LogP contribution in [0.2, 0.25) is 0 Å². The second-order valence-electron chi connectivity index (χ2n) is 7.27. The number of hydrogen-bond acceptors (Lipinski definition) is 8. The van der Waals surface area contributed by atoms with Crippen LogP contribution in [0.5, 0.6) is 11.5 Å². The number of benzene rings is 2. The Bertz CT molecular complexity index is 994. The van der Waals surface area contributed by atoms with Gasteiger partial charge in [0, 0.05) is 25.3 Å². The minimum Gasteiger partial charge on any atom is -0.493 e. The van der Waals surface area contributed by atoms with Gasteiger partial charge in [0.15, 0.2) is 18.1 Å². The van der Waals surface area contributed by atoms with Crippen LogP contribution in [-0.4, -0.2) is 58.5 Å². The number of anilines is 2. The first-order valence-corrected chi connectivity index (χ1v) is 11.4. The van der Waals surface area contributed by atoms with Crippen LogP contribution in [0.15, 0.2) is 34.8 Å². The molecule has 1 saturated heterocycles. The summed E-state index contributed by atoms with van der Waals surface area (Å²) in [5.74, 6) is -0.0625. The topological polar surface area (TPSA) is 112 Å². The van der Waals surface area contributed by atoms with Crippen LogP contribution in [0.4, 0.5) is 11.4 Å². The predicted octanol–water partition coefficient (Wildman–Crippen LogP) is 2.95. The van der Waals surface area contributed by atoms with Crippen molar-refractivity contribution in [1.82, 2.24) is 0 Å². The second-order valence-corrected chi connectivity index (χ2v) is 8.12. The highest BCUT2D eigenvalue weighted by Crippen LogP contribution is 2.37. The van der Waals surface area contributed by atoms with Crippen LogP contribution < -0.4 is 25.4 Å². The summed E-state index contributed by atoms with van der Waals surface area (Å²) >= 11 is 3.45. The van der Waals surface area contributed by atoms with Crippen LogP contribution in [0, 0.1) is 0 Å². The summed E-state index contributed by atoms with van der Waals surface area (Å²) in [5.41, 5.74) is 8.19. The number of carbonyl (C=O) groups is 2. The first kappa shape index (κ1) is 24.7. The average Bonchev–Trinajstić information content (AvgIpc) is 2.82. The summed E-state index contributed by atoms with van der Waals surface area (Å²) in [4.78, 5) is 25.8. The Balaban J connectivity index is 1.79. The van der Waals surface area contributed by atoms with Crippen LogP contribution in [0.3, 0.4) is 0 Å². The molecule has 0 aliphatic carbocycles. The molecule has 0 radical (unpaired) electrons. The van der Waals surface area contributed by atoms with Gasteiger partial charge in [-0.15, -0.1) is 0 Å². The smallest absolute Gasteiger partial charge is 0.340 e. The Morgan fingerprint density at radius 3 is 2.64 bits per heavy atom. The van der Waals surface area contributed by atoms with Crippen molar-refractivity contribution in [3.63, 3.8) is 0 Å². The zero-order valence-electron chi connectivity index (χ0n) is 18.7. The second kappa shape index (κ2) is 11.8. The van der Waals surface area contributed by atoms with E-state index in [0.29, 0.717) is 47.9 Å². The van der Waals surface area contributed by atoms with Crippen molar-refractivity contribution in [3.8, 4) is 11.5 Å². The molecule has 1 fully saturated rings. The van der Waals surface area contributed by atoms with Gasteiger partial charge in [-0.1, -0.05) is 0 Å². The number of amides is 1. The number of nitrogens with zero attached hydrogens (tertiary/aromatic N) is 1. The normalized spacial score (nSPS) is 13.4. The van der Waals surface area contributed by atoms with Gasteiger partial charge in [-0.05, 0) is 58.7 Å². The van der Waals surface area contributed by atoms with Crippen molar-refractivity contribution in [2.24, 2.45) is 5.73 Å². The molecule has 0 aromatic heterocycles. The van der Waals surface area contributed by atoms with E-state index in [1.807, 2.05) is 24.3 Å². The van der Waals surface area contributed by atoms with Gasteiger partial charge in [-0.25, -0.2) is 4.79 Å². The molecule has 9 nitrogen and oxygen atoms in total. The molecule has 0 atom stereocenters. The highest BCUT2D eigenvalue weighted by molar-refractivity contribution is 9.10. The minimum atomic E-state index is -0.576. The molecule has 0 spiro atoms. The standard InChI is InChI=1S/C23H28BrN3O6/c1-3-32-23(29)17-12-16(4-5-19(17)27-6-8-31-9-7-27)26-13-15-10-18(24)22(20(11-15)30-2)33-14-21(25)28/h4-5,10-12,26H,3,6-9,13-14H2,1-2H3,(H2,25,28). The number of ether oxygens (including phenoxy) is 4. The third kappa shape index (κ3) is 6.52. The lowest BCUT2D eigenvalue weighted by atomic mass is 10.1. The summed E-state index contributed by atoms with van der Waals surface area (Å²) < 4.78 is 22.2. The number of carbonyl (C=O) groups excluding carboxylic acids is 2. The molecule has 1 amide bonds. The number of esters is 1. The van der Waals surface area contributed by atoms with Crippen molar-refractivity contribution < 1.29 is 28.5 Å². The van der Waals surface area contributed by atoms with Crippen molar-refractivity contribution in [3.05, 3.63) is 45.9 Å². The number of nitrogens with one attached hydrogen (secondary N) is 1. The van der Waals surface area contributed by atoms with Gasteiger partial charge in [0.25, 0.3) is 5.91 Å². The van der Waals surface area contributed by atoms with Crippen molar-refractivity contribution in [1.29, 1.82) is 0 Å². The maximum atomic E-state index is 12.6. The fraction of sp³-hybridized carbons (Fsp3) is 0.391. The van der Waals surface area contributed by atoms with Gasteiger partial charge in [0.05, 0.1) is 42.7 Å². The molecule has 2 aromatic carbocycles. The van der Waals surface area contributed by atoms with Crippen molar-refractivity contribution >= 4 is 39.2 Å². The van der Waals surface area contributed by atoms with Gasteiger partial charge < -0.3 is 34.9 Å². The van der Waals surface area contributed by atoms with Gasteiger partial charge in [-0.2, -0.15) is 0 Å². The Labute approximate surface area is 201 Å². The molecule has 2 aromatic rings. The van der Waals surface area contributed by atoms with E-state index in [1.165, 1.54) is 7.11 Å². The number of primary amides is 1. The van der Waals surface area contributed by atoms with Gasteiger partial charge in [0.2, 0.25) is 0 Å². The number of halogens is 1. The van der Waals surface area contributed by atoms with Crippen LogP contribution in [-0.2, 0) is 20.8 Å². The highest BCUT2D eigenvalue weighted by Gasteiger charge is 2.20. The fourth-order valence-electron chi connectivity index (χ4n) is 3.46. The van der Waals surface area contributed by atoms with E-state index in [1.54, 1.807) is 13.0 Å². The van der Waals surface area contributed by atoms with E-state index < -0.39 is 5.91 Å². The predicted molar refractivity (Wildman–Crippen MR) is 128 cm³/mol. The molecule has 3 N–H and O–H groups in total. The van der Waals surface area contributed by atoms with Crippen molar-refractivity contribution in [2.45, 2.75) is 13.5 Å². The quantitative estimate of drug-likeness (QED) is 0.459. The van der Waals surface area contributed by atoms with Gasteiger partial charge >= 0.3 is 5.97 Å². The summed E-state index contributed by atoms with van der Waals surface area (Å²) in [6, 6.07) is 9.34. The number of nitrogens with two attached hydrogens (primary N) is 1. The lowest BCUT2D eigenvalue weighted by Gasteiger charge is -2.30. The molecule has 33 heavy (non-hydrogen) atoms. The van der Waals surface area contributed by atoms with E-state index in [-0.39, 0.29) is 12.6 Å². The lowest BCUT2D eigenvalue weighted by molar-refractivity contribution is -0.119. The molecule has 1 aliphatic rings. The van der Waals surface area contributed by atoms with E-state index in [0.717, 1.165) is 30.0 Å². The molecular weight excluding hydrogens is 494 g/mol. The van der Waals surface area contributed by atoms with Gasteiger partial charge in [0.1, 0.15) is 0 Å². The minimum absolute atomic E-state index is 0.251. The highest BCUT2D eigenvalue weighted by atomic mass is 79.9. The van der Waals surface area contributed by atoms with Gasteiger partial charge in [-0.3, -0.25) is 4.79 Å². The molecule has 1 aliphatic heterocycles. The third-order valence-electron chi connectivity index (χ3n) is 4.99. The zero-order valence-corrected chi connectivity index (χ0v) is 20.3. The summed E-state index contributed by atoms with van der Waals surface area (Å²) in [6.45, 7) is 4.99. The molecule has 10 heteroatoms. The molecular formula is C23H28BrN3O6. The van der Waals surface area contributed by atoms with Crippen LogP contribution in [0.25, 0.3) is 0 Å². The number of rotatable bonds is 10. The fourth-order valence-corrected chi connectivity index (χ4v) is 4.07. The summed E-state index contributed by atoms with van der Waals surface area (Å²) in [6.07, 6.45) is 0. The van der Waals surface area contributed by atoms with E-state index in [9.17, 15) is 9.59 Å². The molecule has 0 saturated carbocycles. The first-order chi connectivity index (χ1) is 15.9. The number of hydrogen-bond donors (Lipinski definition) is 2. The van der Waals surface area contributed by atoms with E-state index in [2.05, 4.69) is 26.1 Å². The molecule has 178 valence electrons. The van der Waals surface area contributed by atoms with Crippen LogP contribution >= 0.6 is 15.9 Å². The maximum Gasteiger partial charge on any atom is 0.340 e. The SMILES string of the molecule is CCOC(=O)c1cc(NCc2cc(Br)c(OCC(N)=O)c(OC)c2)ccc1N1CCOCC1. The molecule has 0 unspecified atom stereocenters. The largest absolute Gasteiger partial charge is 0.493 e.